The van der Waals surface area contributed by atoms with Crippen molar-refractivity contribution in [3.63, 3.8) is 0 Å². The zero-order valence-electron chi connectivity index (χ0n) is 12.0. The normalized spacial score (nSPS) is 10.8. The number of amides is 1. The molecule has 2 aromatic heterocycles. The van der Waals surface area contributed by atoms with E-state index in [0.29, 0.717) is 17.3 Å². The maximum absolute atomic E-state index is 12.3. The maximum atomic E-state index is 12.3. The zero-order valence-corrected chi connectivity index (χ0v) is 12.0. The molecule has 1 amide bonds. The van der Waals surface area contributed by atoms with Gasteiger partial charge in [-0.1, -0.05) is 5.16 Å². The topological polar surface area (TPSA) is 69.3 Å². The molecule has 1 N–H and O–H groups in total. The Hall–Kier alpha value is -2.76. The van der Waals surface area contributed by atoms with E-state index in [1.165, 1.54) is 0 Å². The van der Waals surface area contributed by atoms with Crippen LogP contribution >= 0.6 is 0 Å². The van der Waals surface area contributed by atoms with E-state index < -0.39 is 0 Å². The lowest BCUT2D eigenvalue weighted by molar-refractivity contribution is 0.101. The van der Waals surface area contributed by atoms with Gasteiger partial charge >= 0.3 is 0 Å². The molecule has 0 aliphatic heterocycles. The highest BCUT2D eigenvalue weighted by atomic mass is 16.5. The third-order valence-electron chi connectivity index (χ3n) is 3.35. The summed E-state index contributed by atoms with van der Waals surface area (Å²) in [5.41, 5.74) is 1.47. The van der Waals surface area contributed by atoms with Crippen LogP contribution in [0, 0.1) is 6.92 Å². The second-order valence-electron chi connectivity index (χ2n) is 4.79. The molecule has 1 aromatic carbocycles. The van der Waals surface area contributed by atoms with Crippen molar-refractivity contribution in [3.05, 3.63) is 41.8 Å². The third kappa shape index (κ3) is 2.35. The summed E-state index contributed by atoms with van der Waals surface area (Å²) in [7, 11) is 3.45. The molecule has 21 heavy (non-hydrogen) atoms. The van der Waals surface area contributed by atoms with Crippen molar-refractivity contribution >= 4 is 22.6 Å². The molecule has 2 heterocycles. The minimum absolute atomic E-state index is 0.235. The Morgan fingerprint density at radius 3 is 2.81 bits per heavy atom. The van der Waals surface area contributed by atoms with Crippen molar-refractivity contribution in [1.82, 2.24) is 9.72 Å². The van der Waals surface area contributed by atoms with Gasteiger partial charge in [-0.05, 0) is 25.1 Å². The quantitative estimate of drug-likeness (QED) is 0.803. The van der Waals surface area contributed by atoms with Gasteiger partial charge in [-0.2, -0.15) is 0 Å². The second kappa shape index (κ2) is 4.97. The fourth-order valence-electron chi connectivity index (χ4n) is 2.26. The SMILES string of the molecule is COc1ccc2cc(C(=O)Nc3cc(C)on3)n(C)c2c1. The molecule has 0 saturated carbocycles. The third-order valence-corrected chi connectivity index (χ3v) is 3.35. The first kappa shape index (κ1) is 13.2. The highest BCUT2D eigenvalue weighted by Gasteiger charge is 2.15. The fraction of sp³-hybridized carbons (Fsp3) is 0.200. The molecule has 0 unspecified atom stereocenters. The van der Waals surface area contributed by atoms with Gasteiger partial charge in [-0.25, -0.2) is 0 Å². The number of nitrogens with zero attached hydrogens (tertiary/aromatic N) is 2. The molecule has 0 atom stereocenters. The van der Waals surface area contributed by atoms with Crippen LogP contribution in [0.5, 0.6) is 5.75 Å². The predicted octanol–water partition coefficient (Wildman–Crippen LogP) is 2.74. The minimum atomic E-state index is -0.235. The van der Waals surface area contributed by atoms with Gasteiger partial charge in [0.15, 0.2) is 5.82 Å². The summed E-state index contributed by atoms with van der Waals surface area (Å²) in [5.74, 6) is 1.57. The smallest absolute Gasteiger partial charge is 0.273 e. The average Bonchev–Trinajstić information content (AvgIpc) is 3.02. The lowest BCUT2D eigenvalue weighted by Gasteiger charge is -2.04. The van der Waals surface area contributed by atoms with Crippen molar-refractivity contribution in [2.75, 3.05) is 12.4 Å². The molecule has 108 valence electrons. The number of aryl methyl sites for hydroxylation is 2. The monoisotopic (exact) mass is 285 g/mol. The van der Waals surface area contributed by atoms with Gasteiger partial charge in [0.1, 0.15) is 17.2 Å². The standard InChI is InChI=1S/C15H15N3O3/c1-9-6-14(17-21-9)16-15(19)13-7-10-4-5-11(20-3)8-12(10)18(13)2/h4-8H,1-3H3,(H,16,17,19). The van der Waals surface area contributed by atoms with Crippen LogP contribution in [0.25, 0.3) is 10.9 Å². The molecule has 0 aliphatic rings. The van der Waals surface area contributed by atoms with Crippen LogP contribution in [0.4, 0.5) is 5.82 Å². The van der Waals surface area contributed by atoms with E-state index >= 15 is 0 Å². The van der Waals surface area contributed by atoms with Crippen LogP contribution < -0.4 is 10.1 Å². The summed E-state index contributed by atoms with van der Waals surface area (Å²) in [6.07, 6.45) is 0. The molecule has 0 spiro atoms. The number of methoxy groups -OCH3 is 1. The van der Waals surface area contributed by atoms with Gasteiger partial charge in [-0.3, -0.25) is 4.79 Å². The van der Waals surface area contributed by atoms with Crippen LogP contribution in [0.15, 0.2) is 34.9 Å². The van der Waals surface area contributed by atoms with Crippen molar-refractivity contribution in [2.24, 2.45) is 7.05 Å². The second-order valence-corrected chi connectivity index (χ2v) is 4.79. The number of benzene rings is 1. The summed E-state index contributed by atoms with van der Waals surface area (Å²) in [5, 5.41) is 7.44. The number of carbonyl (C=O) groups is 1. The average molecular weight is 285 g/mol. The summed E-state index contributed by atoms with van der Waals surface area (Å²) < 4.78 is 12.0. The lowest BCUT2D eigenvalue weighted by atomic mass is 10.2. The molecule has 6 heteroatoms. The van der Waals surface area contributed by atoms with E-state index in [-0.39, 0.29) is 5.91 Å². The van der Waals surface area contributed by atoms with Gasteiger partial charge in [0.2, 0.25) is 0 Å². The van der Waals surface area contributed by atoms with Crippen molar-refractivity contribution < 1.29 is 14.1 Å². The number of hydrogen-bond donors (Lipinski definition) is 1. The van der Waals surface area contributed by atoms with Gasteiger partial charge in [0.05, 0.1) is 12.6 Å². The zero-order chi connectivity index (χ0) is 15.0. The van der Waals surface area contributed by atoms with Crippen molar-refractivity contribution in [3.8, 4) is 5.75 Å². The minimum Gasteiger partial charge on any atom is -0.497 e. The Morgan fingerprint density at radius 1 is 1.33 bits per heavy atom. The first-order valence-electron chi connectivity index (χ1n) is 6.46. The van der Waals surface area contributed by atoms with Gasteiger partial charge in [0.25, 0.3) is 5.91 Å². The first-order chi connectivity index (χ1) is 10.1. The van der Waals surface area contributed by atoms with Crippen molar-refractivity contribution in [2.45, 2.75) is 6.92 Å². The number of rotatable bonds is 3. The lowest BCUT2D eigenvalue weighted by Crippen LogP contribution is -2.15. The van der Waals surface area contributed by atoms with Crippen LogP contribution in [0.3, 0.4) is 0 Å². The van der Waals surface area contributed by atoms with E-state index in [9.17, 15) is 4.79 Å². The van der Waals surface area contributed by atoms with Gasteiger partial charge < -0.3 is 19.1 Å². The molecule has 3 rings (SSSR count). The van der Waals surface area contributed by atoms with E-state index in [4.69, 9.17) is 9.26 Å². The highest BCUT2D eigenvalue weighted by molar-refractivity contribution is 6.06. The summed E-state index contributed by atoms with van der Waals surface area (Å²) in [6.45, 7) is 1.77. The van der Waals surface area contributed by atoms with Gasteiger partial charge in [0, 0.05) is 24.6 Å². The molecule has 0 saturated heterocycles. The summed E-state index contributed by atoms with van der Waals surface area (Å²) in [6, 6.07) is 9.18. The Balaban J connectivity index is 1.96. The molecule has 3 aromatic rings. The molecular formula is C15H15N3O3. The van der Waals surface area contributed by atoms with Crippen LogP contribution in [-0.4, -0.2) is 22.7 Å². The Morgan fingerprint density at radius 2 is 2.14 bits per heavy atom. The molecule has 0 fully saturated rings. The molecule has 0 aliphatic carbocycles. The number of nitrogens with one attached hydrogen (secondary N) is 1. The van der Waals surface area contributed by atoms with E-state index in [1.807, 2.05) is 35.9 Å². The number of anilines is 1. The highest BCUT2D eigenvalue weighted by Crippen LogP contribution is 2.24. The number of aromatic nitrogens is 2. The number of carbonyl (C=O) groups excluding carboxylic acids is 1. The molecule has 0 bridgehead atoms. The summed E-state index contributed by atoms with van der Waals surface area (Å²) >= 11 is 0. The predicted molar refractivity (Wildman–Crippen MR) is 78.7 cm³/mol. The number of hydrogen-bond acceptors (Lipinski definition) is 4. The Kier molecular flexibility index (Phi) is 3.13. The Labute approximate surface area is 121 Å². The maximum Gasteiger partial charge on any atom is 0.273 e. The van der Waals surface area contributed by atoms with Crippen LogP contribution in [0.1, 0.15) is 16.2 Å². The van der Waals surface area contributed by atoms with Gasteiger partial charge in [-0.15, -0.1) is 0 Å². The molecular weight excluding hydrogens is 270 g/mol. The first-order valence-corrected chi connectivity index (χ1v) is 6.46. The van der Waals surface area contributed by atoms with Crippen LogP contribution in [-0.2, 0) is 7.05 Å². The fourth-order valence-corrected chi connectivity index (χ4v) is 2.26. The van der Waals surface area contributed by atoms with Crippen LogP contribution in [0.2, 0.25) is 0 Å². The molecule has 0 radical (unpaired) electrons. The van der Waals surface area contributed by atoms with Crippen molar-refractivity contribution in [1.29, 1.82) is 0 Å². The Bertz CT molecular complexity index is 817. The largest absolute Gasteiger partial charge is 0.497 e. The number of ether oxygens (including phenoxy) is 1. The summed E-state index contributed by atoms with van der Waals surface area (Å²) in [4.78, 5) is 12.3. The van der Waals surface area contributed by atoms with E-state index in [2.05, 4.69) is 10.5 Å². The van der Waals surface area contributed by atoms with E-state index in [0.717, 1.165) is 16.7 Å². The number of fused-ring (bicyclic) bond motifs is 1. The van der Waals surface area contributed by atoms with E-state index in [1.54, 1.807) is 20.1 Å². The molecule has 6 nitrogen and oxygen atoms in total.